The highest BCUT2D eigenvalue weighted by molar-refractivity contribution is 7.91. The van der Waals surface area contributed by atoms with Crippen LogP contribution in [0.1, 0.15) is 31.1 Å². The maximum absolute atomic E-state index is 13.0. The first-order valence-electron chi connectivity index (χ1n) is 8.35. The Labute approximate surface area is 151 Å². The van der Waals surface area contributed by atoms with Gasteiger partial charge in [0.25, 0.3) is 10.0 Å². The molecular weight excluding hydrogens is 364 g/mol. The van der Waals surface area contributed by atoms with E-state index in [2.05, 4.69) is 0 Å². The summed E-state index contributed by atoms with van der Waals surface area (Å²) in [5, 5.41) is 9.24. The van der Waals surface area contributed by atoms with E-state index in [1.165, 1.54) is 20.5 Å². The number of aryl methyl sites for hydroxylation is 1. The number of hydrogen-bond acceptors (Lipinski definition) is 5. The zero-order valence-corrected chi connectivity index (χ0v) is 15.8. The number of hydrogen-bond donors (Lipinski definition) is 1. The first kappa shape index (κ1) is 18.3. The second-order valence-corrected chi connectivity index (χ2v) is 10.0. The molecule has 7 nitrogen and oxygen atoms in total. The fourth-order valence-electron chi connectivity index (χ4n) is 3.71. The number of aliphatic carboxylic acids is 1. The summed E-state index contributed by atoms with van der Waals surface area (Å²) in [5.41, 5.74) is 0. The maximum atomic E-state index is 13.0. The molecule has 0 spiro atoms. The van der Waals surface area contributed by atoms with Gasteiger partial charge in [-0.2, -0.15) is 4.31 Å². The van der Waals surface area contributed by atoms with Gasteiger partial charge in [0.15, 0.2) is 0 Å². The normalized spacial score (nSPS) is 27.8. The quantitative estimate of drug-likeness (QED) is 0.847. The molecule has 9 heteroatoms. The van der Waals surface area contributed by atoms with Crippen molar-refractivity contribution >= 4 is 33.2 Å². The highest BCUT2D eigenvalue weighted by atomic mass is 32.2. The number of thiophene rings is 1. The molecule has 2 aliphatic heterocycles. The van der Waals surface area contributed by atoms with E-state index in [0.29, 0.717) is 32.4 Å². The van der Waals surface area contributed by atoms with Gasteiger partial charge in [0.05, 0.1) is 5.92 Å². The molecule has 2 fully saturated rings. The van der Waals surface area contributed by atoms with E-state index in [0.717, 1.165) is 4.88 Å². The van der Waals surface area contributed by atoms with E-state index in [9.17, 15) is 23.1 Å². The molecular formula is C16H22N2O5S2. The minimum Gasteiger partial charge on any atom is -0.481 e. The van der Waals surface area contributed by atoms with Gasteiger partial charge in [-0.1, -0.05) is 0 Å². The third kappa shape index (κ3) is 3.20. The molecule has 1 aromatic heterocycles. The summed E-state index contributed by atoms with van der Waals surface area (Å²) in [6.07, 6.45) is 1.51. The number of rotatable bonds is 4. The molecule has 1 amide bonds. The molecule has 138 valence electrons. The Hall–Kier alpha value is -1.45. The highest BCUT2D eigenvalue weighted by Crippen LogP contribution is 2.33. The van der Waals surface area contributed by atoms with Gasteiger partial charge in [0.1, 0.15) is 10.3 Å². The van der Waals surface area contributed by atoms with Crippen molar-refractivity contribution in [2.45, 2.75) is 49.4 Å². The van der Waals surface area contributed by atoms with Crippen LogP contribution < -0.4 is 0 Å². The predicted octanol–water partition coefficient (Wildman–Crippen LogP) is 1.53. The Morgan fingerprint density at radius 3 is 2.52 bits per heavy atom. The lowest BCUT2D eigenvalue weighted by atomic mass is 10.0. The number of amides is 1. The van der Waals surface area contributed by atoms with E-state index in [4.69, 9.17) is 0 Å². The topological polar surface area (TPSA) is 95.0 Å². The van der Waals surface area contributed by atoms with Gasteiger partial charge in [0.2, 0.25) is 5.91 Å². The molecule has 0 saturated carbocycles. The Bertz CT molecular complexity index is 788. The molecule has 2 saturated heterocycles. The number of nitrogens with zero attached hydrogens (tertiary/aromatic N) is 2. The molecule has 3 rings (SSSR count). The molecule has 1 aromatic rings. The number of carbonyl (C=O) groups excluding carboxylic acids is 1. The Morgan fingerprint density at radius 1 is 1.24 bits per heavy atom. The van der Waals surface area contributed by atoms with Gasteiger partial charge in [-0.25, -0.2) is 8.42 Å². The van der Waals surface area contributed by atoms with Crippen molar-refractivity contribution < 1.29 is 23.1 Å². The lowest BCUT2D eigenvalue weighted by molar-refractivity contribution is -0.143. The van der Waals surface area contributed by atoms with Gasteiger partial charge in [-0.05, 0) is 45.2 Å². The smallest absolute Gasteiger partial charge is 0.308 e. The minimum atomic E-state index is -3.70. The largest absolute Gasteiger partial charge is 0.481 e. The van der Waals surface area contributed by atoms with Gasteiger partial charge in [-0.3, -0.25) is 9.59 Å². The third-order valence-electron chi connectivity index (χ3n) is 5.12. The van der Waals surface area contributed by atoms with Crippen molar-refractivity contribution in [3.05, 3.63) is 17.0 Å². The third-order valence-corrected chi connectivity index (χ3v) is 8.50. The average Bonchev–Trinajstić information content (AvgIpc) is 3.25. The van der Waals surface area contributed by atoms with Crippen molar-refractivity contribution in [3.8, 4) is 0 Å². The summed E-state index contributed by atoms with van der Waals surface area (Å²) in [5.74, 6) is -1.77. The van der Waals surface area contributed by atoms with Crippen molar-refractivity contribution in [2.24, 2.45) is 5.92 Å². The Kier molecular flexibility index (Phi) is 4.91. The summed E-state index contributed by atoms with van der Waals surface area (Å²) in [4.78, 5) is 26.7. The zero-order valence-electron chi connectivity index (χ0n) is 14.2. The van der Waals surface area contributed by atoms with Crippen LogP contribution in [-0.4, -0.2) is 59.8 Å². The number of sulfonamides is 1. The predicted molar refractivity (Wildman–Crippen MR) is 92.9 cm³/mol. The molecule has 25 heavy (non-hydrogen) atoms. The van der Waals surface area contributed by atoms with Gasteiger partial charge in [-0.15, -0.1) is 11.3 Å². The van der Waals surface area contributed by atoms with E-state index < -0.39 is 34.0 Å². The monoisotopic (exact) mass is 386 g/mol. The SMILES string of the molecule is Cc1ccc(S(=O)(=O)N2CCCC2C(=O)N2CCC(C(=O)O)C2C)s1. The van der Waals surface area contributed by atoms with Crippen molar-refractivity contribution in [2.75, 3.05) is 13.1 Å². The first-order chi connectivity index (χ1) is 11.7. The summed E-state index contributed by atoms with van der Waals surface area (Å²) >= 11 is 1.20. The molecule has 0 bridgehead atoms. The standard InChI is InChI=1S/C16H22N2O5S2/c1-10-5-6-14(24-10)25(22,23)18-8-3-4-13(18)15(19)17-9-7-12(11(17)2)16(20)21/h5-6,11-13H,3-4,7-9H2,1-2H3,(H,20,21). The summed E-state index contributed by atoms with van der Waals surface area (Å²) in [6.45, 7) is 4.24. The Morgan fingerprint density at radius 2 is 1.96 bits per heavy atom. The number of carbonyl (C=O) groups is 2. The number of likely N-dealkylation sites (tertiary alicyclic amines) is 1. The summed E-state index contributed by atoms with van der Waals surface area (Å²) in [6, 6.07) is 2.18. The van der Waals surface area contributed by atoms with Gasteiger partial charge >= 0.3 is 5.97 Å². The second-order valence-electron chi connectivity index (χ2n) is 6.64. The summed E-state index contributed by atoms with van der Waals surface area (Å²) < 4.78 is 27.4. The molecule has 3 unspecified atom stereocenters. The van der Waals surface area contributed by atoms with Crippen LogP contribution in [0.2, 0.25) is 0 Å². The van der Waals surface area contributed by atoms with Crippen LogP contribution in [0.3, 0.4) is 0 Å². The molecule has 1 N–H and O–H groups in total. The van der Waals surface area contributed by atoms with Crippen LogP contribution in [0, 0.1) is 12.8 Å². The maximum Gasteiger partial charge on any atom is 0.308 e. The van der Waals surface area contributed by atoms with Crippen molar-refractivity contribution in [3.63, 3.8) is 0 Å². The first-order valence-corrected chi connectivity index (χ1v) is 10.6. The van der Waals surface area contributed by atoms with E-state index in [1.54, 1.807) is 19.1 Å². The summed E-state index contributed by atoms with van der Waals surface area (Å²) in [7, 11) is -3.70. The molecule has 0 aliphatic carbocycles. The number of carboxylic acid groups (broad SMARTS) is 1. The van der Waals surface area contributed by atoms with E-state index in [1.807, 2.05) is 6.92 Å². The fourth-order valence-corrected chi connectivity index (χ4v) is 6.78. The van der Waals surface area contributed by atoms with Crippen molar-refractivity contribution in [1.29, 1.82) is 0 Å². The fraction of sp³-hybridized carbons (Fsp3) is 0.625. The minimum absolute atomic E-state index is 0.252. The highest BCUT2D eigenvalue weighted by Gasteiger charge is 2.46. The number of carboxylic acids is 1. The van der Waals surface area contributed by atoms with Crippen LogP contribution in [0.15, 0.2) is 16.3 Å². The lowest BCUT2D eigenvalue weighted by Gasteiger charge is -2.30. The van der Waals surface area contributed by atoms with Crippen LogP contribution in [0.5, 0.6) is 0 Å². The Balaban J connectivity index is 1.82. The van der Waals surface area contributed by atoms with E-state index >= 15 is 0 Å². The van der Waals surface area contributed by atoms with Gasteiger partial charge < -0.3 is 10.0 Å². The van der Waals surface area contributed by atoms with Crippen LogP contribution in [0.25, 0.3) is 0 Å². The molecule has 0 aromatic carbocycles. The molecule has 0 radical (unpaired) electrons. The van der Waals surface area contributed by atoms with Crippen LogP contribution >= 0.6 is 11.3 Å². The van der Waals surface area contributed by atoms with E-state index in [-0.39, 0.29) is 10.1 Å². The van der Waals surface area contributed by atoms with Gasteiger partial charge in [0, 0.05) is 24.0 Å². The lowest BCUT2D eigenvalue weighted by Crippen LogP contribution is -2.49. The van der Waals surface area contributed by atoms with Crippen molar-refractivity contribution in [1.82, 2.24) is 9.21 Å². The zero-order chi connectivity index (χ0) is 18.4. The van der Waals surface area contributed by atoms with Crippen LogP contribution in [0.4, 0.5) is 0 Å². The second kappa shape index (κ2) is 6.69. The molecule has 3 heterocycles. The van der Waals surface area contributed by atoms with Crippen LogP contribution in [-0.2, 0) is 19.6 Å². The average molecular weight is 386 g/mol. The molecule has 2 aliphatic rings. The molecule has 3 atom stereocenters.